The molecule has 1 aliphatic carbocycles. The Kier molecular flexibility index (Phi) is 5.96. The van der Waals surface area contributed by atoms with Crippen molar-refractivity contribution in [1.29, 1.82) is 0 Å². The van der Waals surface area contributed by atoms with E-state index in [-0.39, 0.29) is 0 Å². The fourth-order valence-corrected chi connectivity index (χ4v) is 3.32. The molecule has 2 nitrogen and oxygen atoms in total. The Morgan fingerprint density at radius 3 is 2.37 bits per heavy atom. The van der Waals surface area contributed by atoms with Gasteiger partial charge in [-0.05, 0) is 42.9 Å². The molecule has 4 heteroatoms. The van der Waals surface area contributed by atoms with Crippen LogP contribution in [-0.2, 0) is 6.42 Å². The van der Waals surface area contributed by atoms with Crippen molar-refractivity contribution in [3.63, 3.8) is 0 Å². The first-order valence-electron chi connectivity index (χ1n) is 7.10. The van der Waals surface area contributed by atoms with Crippen LogP contribution in [0.4, 0.5) is 0 Å². The van der Waals surface area contributed by atoms with Gasteiger partial charge in [-0.1, -0.05) is 55.0 Å². The molecule has 1 atom stereocenters. The first-order valence-corrected chi connectivity index (χ1v) is 7.86. The predicted molar refractivity (Wildman–Crippen MR) is 82.5 cm³/mol. The van der Waals surface area contributed by atoms with Gasteiger partial charge in [-0.2, -0.15) is 0 Å². The number of hydrazine groups is 1. The molecule has 0 heterocycles. The average molecular weight is 301 g/mol. The molecular formula is C15H22Cl2N2. The highest BCUT2D eigenvalue weighted by molar-refractivity contribution is 6.42. The van der Waals surface area contributed by atoms with Gasteiger partial charge in [-0.15, -0.1) is 0 Å². The van der Waals surface area contributed by atoms with Crippen molar-refractivity contribution in [3.8, 4) is 0 Å². The van der Waals surface area contributed by atoms with Gasteiger partial charge in [0.1, 0.15) is 0 Å². The fourth-order valence-electron chi connectivity index (χ4n) is 3.00. The van der Waals surface area contributed by atoms with E-state index in [1.807, 2.05) is 18.2 Å². The molecule has 0 aliphatic heterocycles. The molecule has 1 aliphatic rings. The van der Waals surface area contributed by atoms with Gasteiger partial charge < -0.3 is 0 Å². The summed E-state index contributed by atoms with van der Waals surface area (Å²) in [4.78, 5) is 0. The third-order valence-electron chi connectivity index (χ3n) is 4.12. The van der Waals surface area contributed by atoms with Gasteiger partial charge >= 0.3 is 0 Å². The molecule has 2 rings (SSSR count). The number of nitrogens with two attached hydrogens (primary N) is 1. The van der Waals surface area contributed by atoms with Crippen molar-refractivity contribution < 1.29 is 0 Å². The first-order chi connectivity index (χ1) is 9.20. The Bertz CT molecular complexity index is 401. The summed E-state index contributed by atoms with van der Waals surface area (Å²) in [6.45, 7) is 0. The van der Waals surface area contributed by atoms with Crippen molar-refractivity contribution in [2.75, 3.05) is 0 Å². The fraction of sp³-hybridized carbons (Fsp3) is 0.600. The van der Waals surface area contributed by atoms with Crippen LogP contribution in [0.15, 0.2) is 18.2 Å². The van der Waals surface area contributed by atoms with Crippen LogP contribution in [-0.4, -0.2) is 6.04 Å². The molecule has 0 aromatic heterocycles. The lowest BCUT2D eigenvalue weighted by atomic mass is 9.88. The van der Waals surface area contributed by atoms with Crippen molar-refractivity contribution in [2.45, 2.75) is 51.0 Å². The molecule has 0 radical (unpaired) electrons. The van der Waals surface area contributed by atoms with Crippen LogP contribution in [0.1, 0.15) is 44.1 Å². The van der Waals surface area contributed by atoms with Crippen LogP contribution in [0.3, 0.4) is 0 Å². The van der Waals surface area contributed by atoms with Gasteiger partial charge in [0.15, 0.2) is 0 Å². The van der Waals surface area contributed by atoms with E-state index in [1.54, 1.807) is 0 Å². The second-order valence-corrected chi connectivity index (χ2v) is 6.29. The lowest BCUT2D eigenvalue weighted by molar-refractivity contribution is 0.320. The maximum atomic E-state index is 6.07. The number of hydrogen-bond donors (Lipinski definition) is 2. The van der Waals surface area contributed by atoms with Crippen LogP contribution in [0, 0.1) is 5.92 Å². The minimum atomic E-state index is 0.329. The zero-order valence-electron chi connectivity index (χ0n) is 11.2. The van der Waals surface area contributed by atoms with E-state index < -0.39 is 0 Å². The summed E-state index contributed by atoms with van der Waals surface area (Å²) in [6.07, 6.45) is 8.83. The second-order valence-electron chi connectivity index (χ2n) is 5.48. The van der Waals surface area contributed by atoms with E-state index in [1.165, 1.54) is 44.1 Å². The maximum absolute atomic E-state index is 6.07. The zero-order chi connectivity index (χ0) is 13.7. The molecule has 1 fully saturated rings. The molecule has 106 valence electrons. The summed E-state index contributed by atoms with van der Waals surface area (Å²) in [5, 5.41) is 1.23. The van der Waals surface area contributed by atoms with Crippen molar-refractivity contribution in [3.05, 3.63) is 33.8 Å². The van der Waals surface area contributed by atoms with Crippen molar-refractivity contribution in [1.82, 2.24) is 5.43 Å². The number of hydrogen-bond acceptors (Lipinski definition) is 2. The quantitative estimate of drug-likeness (QED) is 0.493. The van der Waals surface area contributed by atoms with Gasteiger partial charge in [-0.3, -0.25) is 11.3 Å². The number of rotatable bonds is 4. The third kappa shape index (κ3) is 4.35. The Morgan fingerprint density at radius 1 is 1.11 bits per heavy atom. The molecule has 0 bridgehead atoms. The van der Waals surface area contributed by atoms with E-state index in [0.717, 1.165) is 6.42 Å². The standard InChI is InChI=1S/C15H22Cl2N2/c16-13-8-7-11(9-14(13)17)10-15(19-18)12-5-3-1-2-4-6-12/h7-9,12,15,19H,1-6,10,18H2. The van der Waals surface area contributed by atoms with Crippen molar-refractivity contribution in [2.24, 2.45) is 11.8 Å². The summed E-state index contributed by atoms with van der Waals surface area (Å²) < 4.78 is 0. The van der Waals surface area contributed by atoms with E-state index in [9.17, 15) is 0 Å². The second kappa shape index (κ2) is 7.49. The molecule has 1 saturated carbocycles. The summed E-state index contributed by atoms with van der Waals surface area (Å²) in [7, 11) is 0. The molecule has 1 unspecified atom stereocenters. The van der Waals surface area contributed by atoms with Crippen LogP contribution >= 0.6 is 23.2 Å². The number of halogens is 2. The minimum absolute atomic E-state index is 0.329. The Labute approximate surface area is 125 Å². The SMILES string of the molecule is NNC(Cc1ccc(Cl)c(Cl)c1)C1CCCCCC1. The monoisotopic (exact) mass is 300 g/mol. The van der Waals surface area contributed by atoms with Crippen molar-refractivity contribution >= 4 is 23.2 Å². The van der Waals surface area contributed by atoms with E-state index >= 15 is 0 Å². The van der Waals surface area contributed by atoms with Gasteiger partial charge in [0, 0.05) is 6.04 Å². The molecular weight excluding hydrogens is 279 g/mol. The van der Waals surface area contributed by atoms with Gasteiger partial charge in [-0.25, -0.2) is 0 Å². The summed E-state index contributed by atoms with van der Waals surface area (Å²) >= 11 is 12.0. The lowest BCUT2D eigenvalue weighted by Crippen LogP contribution is -2.42. The third-order valence-corrected chi connectivity index (χ3v) is 4.86. The van der Waals surface area contributed by atoms with Gasteiger partial charge in [0.2, 0.25) is 0 Å². The van der Waals surface area contributed by atoms with Gasteiger partial charge in [0.25, 0.3) is 0 Å². The van der Waals surface area contributed by atoms with Crippen LogP contribution in [0.25, 0.3) is 0 Å². The molecule has 0 spiro atoms. The average Bonchev–Trinajstić information content (AvgIpc) is 2.69. The highest BCUT2D eigenvalue weighted by Crippen LogP contribution is 2.28. The summed E-state index contributed by atoms with van der Waals surface area (Å²) in [5.74, 6) is 6.43. The van der Waals surface area contributed by atoms with E-state index in [0.29, 0.717) is 22.0 Å². The lowest BCUT2D eigenvalue weighted by Gasteiger charge is -2.25. The molecule has 0 amide bonds. The highest BCUT2D eigenvalue weighted by Gasteiger charge is 2.22. The summed E-state index contributed by atoms with van der Waals surface area (Å²) in [5.41, 5.74) is 4.20. The van der Waals surface area contributed by atoms with Crippen LogP contribution in [0.5, 0.6) is 0 Å². The van der Waals surface area contributed by atoms with Crippen LogP contribution in [0.2, 0.25) is 10.0 Å². The number of nitrogens with one attached hydrogen (secondary N) is 1. The first kappa shape index (κ1) is 15.1. The maximum Gasteiger partial charge on any atom is 0.0595 e. The van der Waals surface area contributed by atoms with Crippen LogP contribution < -0.4 is 11.3 Å². The van der Waals surface area contributed by atoms with E-state index in [4.69, 9.17) is 29.0 Å². The smallest absolute Gasteiger partial charge is 0.0595 e. The number of benzene rings is 1. The molecule has 0 saturated heterocycles. The molecule has 19 heavy (non-hydrogen) atoms. The predicted octanol–water partition coefficient (Wildman–Crippen LogP) is 4.34. The minimum Gasteiger partial charge on any atom is -0.271 e. The van der Waals surface area contributed by atoms with Gasteiger partial charge in [0.05, 0.1) is 10.0 Å². The largest absolute Gasteiger partial charge is 0.271 e. The Hall–Kier alpha value is -0.280. The molecule has 1 aromatic rings. The normalized spacial score (nSPS) is 19.1. The molecule has 1 aromatic carbocycles. The zero-order valence-corrected chi connectivity index (χ0v) is 12.7. The Balaban J connectivity index is 2.02. The summed E-state index contributed by atoms with van der Waals surface area (Å²) in [6, 6.07) is 6.18. The van der Waals surface area contributed by atoms with E-state index in [2.05, 4.69) is 5.43 Å². The Morgan fingerprint density at radius 2 is 1.79 bits per heavy atom. The topological polar surface area (TPSA) is 38.0 Å². The highest BCUT2D eigenvalue weighted by atomic mass is 35.5. The molecule has 3 N–H and O–H groups in total.